The Kier molecular flexibility index (Phi) is 4.45. The van der Waals surface area contributed by atoms with Gasteiger partial charge in [0.15, 0.2) is 0 Å². The van der Waals surface area contributed by atoms with Crippen molar-refractivity contribution in [1.29, 1.82) is 0 Å². The van der Waals surface area contributed by atoms with Crippen LogP contribution in [0, 0.1) is 12.0 Å². The van der Waals surface area contributed by atoms with Crippen LogP contribution < -0.4 is 0 Å². The third-order valence-electron chi connectivity index (χ3n) is 3.76. The van der Waals surface area contributed by atoms with Crippen LogP contribution in [0.2, 0.25) is 0 Å². The molecule has 1 unspecified atom stereocenters. The lowest BCUT2D eigenvalue weighted by molar-refractivity contribution is 0.171. The van der Waals surface area contributed by atoms with Gasteiger partial charge in [0, 0.05) is 19.3 Å². The number of piperidine rings is 1. The van der Waals surface area contributed by atoms with Crippen LogP contribution in [0.1, 0.15) is 45.4 Å². The number of rotatable bonds is 4. The molecule has 0 amide bonds. The largest absolute Gasteiger partial charge is 0.381 e. The maximum absolute atomic E-state index is 5.46. The fraction of sp³-hybridized carbons (Fsp3) is 0.923. The van der Waals surface area contributed by atoms with E-state index in [1.807, 2.05) is 0 Å². The highest BCUT2D eigenvalue weighted by molar-refractivity contribution is 4.92. The SMILES string of the molecule is CC[C](CC1CCOC1)N1CCCCC1. The van der Waals surface area contributed by atoms with Crippen LogP contribution in [0.5, 0.6) is 0 Å². The Balaban J connectivity index is 1.79. The molecule has 0 bridgehead atoms. The zero-order valence-electron chi connectivity index (χ0n) is 10.0. The summed E-state index contributed by atoms with van der Waals surface area (Å²) in [5, 5.41) is 0. The van der Waals surface area contributed by atoms with Gasteiger partial charge < -0.3 is 4.74 Å². The first-order valence-corrected chi connectivity index (χ1v) is 6.57. The second kappa shape index (κ2) is 5.86. The van der Waals surface area contributed by atoms with E-state index in [-0.39, 0.29) is 0 Å². The lowest BCUT2D eigenvalue weighted by atomic mass is 9.95. The summed E-state index contributed by atoms with van der Waals surface area (Å²) in [6.45, 7) is 6.90. The molecule has 0 N–H and O–H groups in total. The molecule has 2 heteroatoms. The molecule has 0 aliphatic carbocycles. The van der Waals surface area contributed by atoms with Crippen LogP contribution in [0.4, 0.5) is 0 Å². The molecule has 87 valence electrons. The summed E-state index contributed by atoms with van der Waals surface area (Å²) in [5.41, 5.74) is 0. The highest BCUT2D eigenvalue weighted by Crippen LogP contribution is 2.29. The van der Waals surface area contributed by atoms with E-state index in [1.165, 1.54) is 51.6 Å². The summed E-state index contributed by atoms with van der Waals surface area (Å²) in [5.74, 6) is 0.807. The maximum Gasteiger partial charge on any atom is 0.0495 e. The van der Waals surface area contributed by atoms with E-state index in [1.54, 1.807) is 6.04 Å². The fourth-order valence-corrected chi connectivity index (χ4v) is 2.78. The smallest absolute Gasteiger partial charge is 0.0495 e. The van der Waals surface area contributed by atoms with Gasteiger partial charge in [-0.05, 0) is 51.1 Å². The monoisotopic (exact) mass is 210 g/mol. The normalized spacial score (nSPS) is 28.8. The molecule has 0 saturated carbocycles. The molecule has 1 atom stereocenters. The molecule has 15 heavy (non-hydrogen) atoms. The lowest BCUT2D eigenvalue weighted by Crippen LogP contribution is -2.34. The van der Waals surface area contributed by atoms with Crippen LogP contribution >= 0.6 is 0 Å². The number of likely N-dealkylation sites (tertiary alicyclic amines) is 1. The lowest BCUT2D eigenvalue weighted by Gasteiger charge is -2.34. The topological polar surface area (TPSA) is 12.5 Å². The van der Waals surface area contributed by atoms with Crippen molar-refractivity contribution in [1.82, 2.24) is 4.90 Å². The molecule has 2 rings (SSSR count). The quantitative estimate of drug-likeness (QED) is 0.707. The van der Waals surface area contributed by atoms with Gasteiger partial charge in [0.05, 0.1) is 0 Å². The number of hydrogen-bond acceptors (Lipinski definition) is 2. The van der Waals surface area contributed by atoms with Gasteiger partial charge in [0.1, 0.15) is 0 Å². The molecular formula is C13H24NO. The molecule has 2 aliphatic rings. The minimum Gasteiger partial charge on any atom is -0.381 e. The fourth-order valence-electron chi connectivity index (χ4n) is 2.78. The summed E-state index contributed by atoms with van der Waals surface area (Å²) in [4.78, 5) is 2.64. The second-order valence-electron chi connectivity index (χ2n) is 4.90. The number of ether oxygens (including phenoxy) is 1. The van der Waals surface area contributed by atoms with Crippen molar-refractivity contribution in [2.45, 2.75) is 45.4 Å². The van der Waals surface area contributed by atoms with Gasteiger partial charge in [-0.15, -0.1) is 0 Å². The minimum absolute atomic E-state index is 0.807. The Bertz CT molecular complexity index is 171. The highest BCUT2D eigenvalue weighted by atomic mass is 16.5. The third kappa shape index (κ3) is 3.18. The van der Waals surface area contributed by atoms with Crippen molar-refractivity contribution in [2.75, 3.05) is 26.3 Å². The molecule has 1 radical (unpaired) electrons. The average Bonchev–Trinajstić information content (AvgIpc) is 2.80. The van der Waals surface area contributed by atoms with Gasteiger partial charge in [-0.1, -0.05) is 13.3 Å². The Morgan fingerprint density at radius 1 is 1.27 bits per heavy atom. The van der Waals surface area contributed by atoms with Crippen molar-refractivity contribution in [3.05, 3.63) is 6.04 Å². The van der Waals surface area contributed by atoms with Gasteiger partial charge in [0.2, 0.25) is 0 Å². The van der Waals surface area contributed by atoms with E-state index in [0.29, 0.717) is 0 Å². The van der Waals surface area contributed by atoms with Crippen molar-refractivity contribution in [3.8, 4) is 0 Å². The summed E-state index contributed by atoms with van der Waals surface area (Å²) in [7, 11) is 0. The molecule has 2 nitrogen and oxygen atoms in total. The molecule has 0 spiro atoms. The van der Waals surface area contributed by atoms with Gasteiger partial charge in [-0.2, -0.15) is 0 Å². The van der Waals surface area contributed by atoms with E-state index < -0.39 is 0 Å². The van der Waals surface area contributed by atoms with E-state index in [0.717, 1.165) is 19.1 Å². The van der Waals surface area contributed by atoms with Crippen LogP contribution in [0.15, 0.2) is 0 Å². The first-order chi connectivity index (χ1) is 7.40. The molecule has 2 heterocycles. The maximum atomic E-state index is 5.46. The van der Waals surface area contributed by atoms with E-state index in [9.17, 15) is 0 Å². The van der Waals surface area contributed by atoms with Gasteiger partial charge in [-0.25, -0.2) is 0 Å². The molecule has 2 saturated heterocycles. The Hall–Kier alpha value is -0.0800. The van der Waals surface area contributed by atoms with E-state index in [4.69, 9.17) is 4.74 Å². The number of hydrogen-bond donors (Lipinski definition) is 0. The number of nitrogens with zero attached hydrogens (tertiary/aromatic N) is 1. The molecule has 2 fully saturated rings. The highest BCUT2D eigenvalue weighted by Gasteiger charge is 2.25. The van der Waals surface area contributed by atoms with Crippen LogP contribution in [0.3, 0.4) is 0 Å². The first kappa shape index (κ1) is 11.4. The van der Waals surface area contributed by atoms with Crippen LogP contribution in [-0.2, 0) is 4.74 Å². The predicted molar refractivity (Wildman–Crippen MR) is 62.5 cm³/mol. The Morgan fingerprint density at radius 2 is 2.07 bits per heavy atom. The van der Waals surface area contributed by atoms with Crippen molar-refractivity contribution >= 4 is 0 Å². The molecule has 0 aromatic rings. The summed E-state index contributed by atoms with van der Waals surface area (Å²) < 4.78 is 5.46. The standard InChI is InChI=1S/C13H24NO/c1-2-13(10-12-6-9-15-11-12)14-7-4-3-5-8-14/h12H,2-11H2,1H3. The zero-order chi connectivity index (χ0) is 10.5. The van der Waals surface area contributed by atoms with Crippen LogP contribution in [0.25, 0.3) is 0 Å². The van der Waals surface area contributed by atoms with Gasteiger partial charge >= 0.3 is 0 Å². The zero-order valence-corrected chi connectivity index (χ0v) is 10.0. The van der Waals surface area contributed by atoms with Crippen molar-refractivity contribution in [2.24, 2.45) is 5.92 Å². The molecule has 0 aromatic carbocycles. The Labute approximate surface area is 94.0 Å². The summed E-state index contributed by atoms with van der Waals surface area (Å²) >= 11 is 0. The average molecular weight is 210 g/mol. The van der Waals surface area contributed by atoms with Gasteiger partial charge in [0.25, 0.3) is 0 Å². The molecule has 0 aromatic heterocycles. The van der Waals surface area contributed by atoms with Crippen molar-refractivity contribution < 1.29 is 4.74 Å². The predicted octanol–water partition coefficient (Wildman–Crippen LogP) is 2.84. The van der Waals surface area contributed by atoms with Crippen LogP contribution in [-0.4, -0.2) is 31.2 Å². The summed E-state index contributed by atoms with van der Waals surface area (Å²) in [6.07, 6.45) is 8.01. The van der Waals surface area contributed by atoms with E-state index in [2.05, 4.69) is 11.8 Å². The third-order valence-corrected chi connectivity index (χ3v) is 3.76. The first-order valence-electron chi connectivity index (χ1n) is 6.57. The molecular weight excluding hydrogens is 186 g/mol. The second-order valence-corrected chi connectivity index (χ2v) is 4.90. The minimum atomic E-state index is 0.807. The van der Waals surface area contributed by atoms with E-state index >= 15 is 0 Å². The molecule has 2 aliphatic heterocycles. The summed E-state index contributed by atoms with van der Waals surface area (Å²) in [6, 6.07) is 1.69. The van der Waals surface area contributed by atoms with Gasteiger partial charge in [-0.3, -0.25) is 4.90 Å². The Morgan fingerprint density at radius 3 is 2.67 bits per heavy atom. The van der Waals surface area contributed by atoms with Crippen molar-refractivity contribution in [3.63, 3.8) is 0 Å².